The first kappa shape index (κ1) is 29.6. The molecule has 1 aliphatic heterocycles. The lowest BCUT2D eigenvalue weighted by Crippen LogP contribution is -2.46. The molecular weight excluding hydrogens is 505 g/mol. The second kappa shape index (κ2) is 13.2. The summed E-state index contributed by atoms with van der Waals surface area (Å²) < 4.78 is 38.5. The van der Waals surface area contributed by atoms with Crippen molar-refractivity contribution in [3.05, 3.63) is 53.3 Å². The highest BCUT2D eigenvalue weighted by atomic mass is 19.1. The molecule has 0 radical (unpaired) electrons. The fourth-order valence-electron chi connectivity index (χ4n) is 4.14. The normalized spacial score (nSPS) is 16.0. The second-order valence-corrected chi connectivity index (χ2v) is 10.1. The predicted molar refractivity (Wildman–Crippen MR) is 143 cm³/mol. The Morgan fingerprint density at radius 2 is 1.90 bits per heavy atom. The summed E-state index contributed by atoms with van der Waals surface area (Å²) in [7, 11) is 0. The zero-order chi connectivity index (χ0) is 28.6. The van der Waals surface area contributed by atoms with Crippen LogP contribution in [0.3, 0.4) is 0 Å². The number of carbonyl (C=O) groups excluding carboxylic acids is 2. The molecule has 0 saturated carbocycles. The molecule has 2 aromatic carbocycles. The number of hydrogen-bond acceptors (Lipinski definition) is 8. The number of ether oxygens (including phenoxy) is 4. The lowest BCUT2D eigenvalue weighted by Gasteiger charge is -2.34. The Hall–Kier alpha value is -4.00. The van der Waals surface area contributed by atoms with Crippen molar-refractivity contribution >= 4 is 17.7 Å². The van der Waals surface area contributed by atoms with Gasteiger partial charge in [-0.2, -0.15) is 5.26 Å². The molecule has 0 aromatic heterocycles. The molecule has 3 rings (SSSR count). The number of hydrogen-bond donors (Lipinski definition) is 1. The minimum absolute atomic E-state index is 0.0152. The number of carbonyl (C=O) groups is 2. The number of anilines is 1. The van der Waals surface area contributed by atoms with Gasteiger partial charge in [0.15, 0.2) is 17.6 Å². The minimum Gasteiger partial charge on any atom is -0.494 e. The highest BCUT2D eigenvalue weighted by Gasteiger charge is 2.32. The summed E-state index contributed by atoms with van der Waals surface area (Å²) in [5.74, 6) is -1.20. The Bertz CT molecular complexity index is 1190. The van der Waals surface area contributed by atoms with Crippen molar-refractivity contribution in [3.63, 3.8) is 0 Å². The van der Waals surface area contributed by atoms with Gasteiger partial charge in [0.2, 0.25) is 0 Å². The largest absolute Gasteiger partial charge is 0.494 e. The maximum absolute atomic E-state index is 16.0. The second-order valence-electron chi connectivity index (χ2n) is 10.1. The topological polar surface area (TPSA) is 110 Å². The maximum Gasteiger partial charge on any atom is 0.410 e. The van der Waals surface area contributed by atoms with E-state index in [1.165, 1.54) is 12.1 Å². The Morgan fingerprint density at radius 3 is 2.51 bits per heavy atom. The van der Waals surface area contributed by atoms with Crippen molar-refractivity contribution in [1.29, 1.82) is 5.26 Å². The summed E-state index contributed by atoms with van der Waals surface area (Å²) in [5, 5.41) is 12.1. The summed E-state index contributed by atoms with van der Waals surface area (Å²) in [6.45, 7) is 10.0. The lowest BCUT2D eigenvalue weighted by atomic mass is 10.0. The average Bonchev–Trinajstić information content (AvgIpc) is 2.89. The van der Waals surface area contributed by atoms with Gasteiger partial charge in [-0.05, 0) is 77.8 Å². The monoisotopic (exact) mass is 541 g/mol. The fourth-order valence-corrected chi connectivity index (χ4v) is 4.14. The van der Waals surface area contributed by atoms with Gasteiger partial charge in [-0.1, -0.05) is 0 Å². The number of nitriles is 1. The zero-order valence-corrected chi connectivity index (χ0v) is 23.1. The number of piperidine rings is 1. The Labute approximate surface area is 228 Å². The van der Waals surface area contributed by atoms with E-state index in [1.807, 2.05) is 6.07 Å². The molecule has 2 atom stereocenters. The van der Waals surface area contributed by atoms with E-state index < -0.39 is 35.6 Å². The molecule has 1 N–H and O–H groups in total. The van der Waals surface area contributed by atoms with E-state index in [0.717, 1.165) is 0 Å². The van der Waals surface area contributed by atoms with Gasteiger partial charge in [-0.25, -0.2) is 14.0 Å². The van der Waals surface area contributed by atoms with Gasteiger partial charge in [0.25, 0.3) is 0 Å². The van der Waals surface area contributed by atoms with E-state index in [2.05, 4.69) is 5.32 Å². The van der Waals surface area contributed by atoms with Gasteiger partial charge in [0.1, 0.15) is 17.5 Å². The summed E-state index contributed by atoms with van der Waals surface area (Å²) >= 11 is 0. The van der Waals surface area contributed by atoms with Crippen LogP contribution in [0.25, 0.3) is 0 Å². The number of esters is 1. The van der Waals surface area contributed by atoms with Gasteiger partial charge in [-0.15, -0.1) is 0 Å². The highest BCUT2D eigenvalue weighted by molar-refractivity contribution is 5.81. The minimum atomic E-state index is -1.22. The van der Waals surface area contributed by atoms with E-state index in [4.69, 9.17) is 24.2 Å². The average molecular weight is 542 g/mol. The fraction of sp³-hybridized carbons (Fsp3) is 0.483. The van der Waals surface area contributed by atoms with Crippen molar-refractivity contribution in [1.82, 2.24) is 4.90 Å². The number of benzene rings is 2. The molecule has 1 saturated heterocycles. The number of nitrogens with one attached hydrogen (secondary N) is 1. The van der Waals surface area contributed by atoms with Crippen LogP contribution < -0.4 is 14.8 Å². The molecule has 0 aliphatic carbocycles. The van der Waals surface area contributed by atoms with E-state index >= 15 is 4.39 Å². The summed E-state index contributed by atoms with van der Waals surface area (Å²) in [6.07, 6.45) is 0.333. The smallest absolute Gasteiger partial charge is 0.410 e. The lowest BCUT2D eigenvalue weighted by molar-refractivity contribution is -0.144. The SMILES string of the molecule is CCOC(=O)C(Nc1ccc(C#N)cc1)c1cc(OCC)cc(OC2CCCN(C(=O)OC(C)(C)C)C2)c1F. The molecule has 1 aliphatic rings. The molecule has 1 fully saturated rings. The third-order valence-electron chi connectivity index (χ3n) is 5.83. The van der Waals surface area contributed by atoms with Crippen LogP contribution in [-0.2, 0) is 14.3 Å². The van der Waals surface area contributed by atoms with E-state index in [1.54, 1.807) is 63.8 Å². The molecular formula is C29H36FN3O6. The van der Waals surface area contributed by atoms with Gasteiger partial charge in [-0.3, -0.25) is 0 Å². The molecule has 1 amide bonds. The van der Waals surface area contributed by atoms with Gasteiger partial charge >= 0.3 is 12.1 Å². The van der Waals surface area contributed by atoms with E-state index in [-0.39, 0.29) is 24.5 Å². The zero-order valence-electron chi connectivity index (χ0n) is 23.1. The van der Waals surface area contributed by atoms with Crippen molar-refractivity contribution in [2.75, 3.05) is 31.6 Å². The number of nitrogens with zero attached hydrogens (tertiary/aromatic N) is 2. The molecule has 1 heterocycles. The van der Waals surface area contributed by atoms with Crippen LogP contribution in [0.4, 0.5) is 14.9 Å². The predicted octanol–water partition coefficient (Wildman–Crippen LogP) is 5.59. The first-order valence-corrected chi connectivity index (χ1v) is 13.1. The van der Waals surface area contributed by atoms with Crippen molar-refractivity contribution in [2.45, 2.75) is 65.2 Å². The number of likely N-dealkylation sites (tertiary alicyclic amines) is 1. The third kappa shape index (κ3) is 8.24. The van der Waals surface area contributed by atoms with Gasteiger partial charge in [0, 0.05) is 23.9 Å². The molecule has 0 spiro atoms. The van der Waals surface area contributed by atoms with E-state index in [9.17, 15) is 9.59 Å². The van der Waals surface area contributed by atoms with Crippen LogP contribution in [0.2, 0.25) is 0 Å². The standard InChI is InChI=1S/C29H36FN3O6/c1-6-36-22-15-23(26(27(34)37-7-2)32-20-12-10-19(17-31)11-13-20)25(30)24(16-22)38-21-9-8-14-33(18-21)28(35)39-29(3,4)5/h10-13,15-16,21,26,32H,6-9,14,18H2,1-5H3. The van der Waals surface area contributed by atoms with Crippen LogP contribution >= 0.6 is 0 Å². The summed E-state index contributed by atoms with van der Waals surface area (Å²) in [5.41, 5.74) is 0.290. The Kier molecular flexibility index (Phi) is 9.99. The molecule has 210 valence electrons. The van der Waals surface area contributed by atoms with Gasteiger partial charge in [0.05, 0.1) is 31.4 Å². The maximum atomic E-state index is 16.0. The molecule has 2 unspecified atom stereocenters. The number of halogens is 1. The Balaban J connectivity index is 1.92. The molecule has 0 bridgehead atoms. The van der Waals surface area contributed by atoms with Crippen molar-refractivity contribution in [2.24, 2.45) is 0 Å². The first-order chi connectivity index (χ1) is 18.5. The van der Waals surface area contributed by atoms with Crippen molar-refractivity contribution in [3.8, 4) is 17.6 Å². The Morgan fingerprint density at radius 1 is 1.18 bits per heavy atom. The molecule has 39 heavy (non-hydrogen) atoms. The van der Waals surface area contributed by atoms with Crippen LogP contribution in [0.1, 0.15) is 64.6 Å². The van der Waals surface area contributed by atoms with Gasteiger partial charge < -0.3 is 29.2 Å². The molecule has 2 aromatic rings. The molecule has 9 nitrogen and oxygen atoms in total. The van der Waals surface area contributed by atoms with Crippen LogP contribution in [0, 0.1) is 17.1 Å². The summed E-state index contributed by atoms with van der Waals surface area (Å²) in [4.78, 5) is 27.1. The number of rotatable bonds is 9. The van der Waals surface area contributed by atoms with Crippen LogP contribution in [-0.4, -0.2) is 55.0 Å². The van der Waals surface area contributed by atoms with Crippen LogP contribution in [0.15, 0.2) is 36.4 Å². The van der Waals surface area contributed by atoms with Crippen molar-refractivity contribution < 1.29 is 32.9 Å². The quantitative estimate of drug-likeness (QED) is 0.409. The molecule has 10 heteroatoms. The number of amides is 1. The van der Waals surface area contributed by atoms with Crippen LogP contribution in [0.5, 0.6) is 11.5 Å². The first-order valence-electron chi connectivity index (χ1n) is 13.1. The third-order valence-corrected chi connectivity index (χ3v) is 5.83. The highest BCUT2D eigenvalue weighted by Crippen LogP contribution is 2.35. The summed E-state index contributed by atoms with van der Waals surface area (Å²) in [6, 6.07) is 10.1. The van der Waals surface area contributed by atoms with E-state index in [0.29, 0.717) is 43.0 Å².